The van der Waals surface area contributed by atoms with Crippen LogP contribution < -0.4 is 10.6 Å². The largest absolute Gasteiger partial charge is 0.326 e. The molecule has 1 spiro atoms. The third-order valence-electron chi connectivity index (χ3n) is 8.22. The molecule has 6 rings (SSSR count). The number of aromatic nitrogens is 1. The molecule has 7 nitrogen and oxygen atoms in total. The van der Waals surface area contributed by atoms with E-state index in [9.17, 15) is 14.4 Å². The van der Waals surface area contributed by atoms with Crippen LogP contribution in [0.5, 0.6) is 0 Å². The summed E-state index contributed by atoms with van der Waals surface area (Å²) in [6.45, 7) is 3.89. The van der Waals surface area contributed by atoms with Gasteiger partial charge in [-0.25, -0.2) is 4.98 Å². The maximum Gasteiger partial charge on any atom is 0.244 e. The van der Waals surface area contributed by atoms with Gasteiger partial charge in [0.15, 0.2) is 0 Å². The summed E-state index contributed by atoms with van der Waals surface area (Å²) in [5.41, 5.74) is 3.64. The second kappa shape index (κ2) is 8.54. The minimum absolute atomic E-state index is 0.00170. The molecule has 2 atom stereocenters. The number of carbonyl (C=O) groups excluding carboxylic acids is 3. The van der Waals surface area contributed by atoms with Crippen molar-refractivity contribution in [3.8, 4) is 0 Å². The molecule has 37 heavy (non-hydrogen) atoms. The Morgan fingerprint density at radius 3 is 2.65 bits per heavy atom. The summed E-state index contributed by atoms with van der Waals surface area (Å²) in [6, 6.07) is 19.5. The van der Waals surface area contributed by atoms with Crippen LogP contribution >= 0.6 is 0 Å². The second-order valence-corrected chi connectivity index (χ2v) is 11.1. The fourth-order valence-electron chi connectivity index (χ4n) is 6.19. The van der Waals surface area contributed by atoms with Crippen molar-refractivity contribution >= 4 is 29.2 Å². The maximum atomic E-state index is 13.4. The molecule has 188 valence electrons. The van der Waals surface area contributed by atoms with E-state index in [0.29, 0.717) is 24.3 Å². The van der Waals surface area contributed by atoms with E-state index in [1.165, 1.54) is 0 Å². The highest BCUT2D eigenvalue weighted by atomic mass is 16.2. The standard InChI is InChI=1S/C30H30N4O3/c1-29(2)13-12-24(19-7-4-3-5-8-19)34(28(29)37)18-25(35)32-22-11-10-20-16-30(17-21(20)15-22)23-9-6-14-31-26(23)33-27(30)36/h3-11,14-15,24H,12-13,16-18H2,1-2H3,(H,32,35)(H,31,33,36)/t24-,30+/m0/s1. The lowest BCUT2D eigenvalue weighted by atomic mass is 9.78. The van der Waals surface area contributed by atoms with Crippen molar-refractivity contribution in [3.63, 3.8) is 0 Å². The second-order valence-electron chi connectivity index (χ2n) is 11.1. The van der Waals surface area contributed by atoms with E-state index in [1.54, 1.807) is 11.1 Å². The number of hydrogen-bond acceptors (Lipinski definition) is 4. The molecule has 3 amide bonds. The highest BCUT2D eigenvalue weighted by Crippen LogP contribution is 2.47. The summed E-state index contributed by atoms with van der Waals surface area (Å²) in [5.74, 6) is 0.378. The summed E-state index contributed by atoms with van der Waals surface area (Å²) in [7, 11) is 0. The van der Waals surface area contributed by atoms with Gasteiger partial charge < -0.3 is 15.5 Å². The summed E-state index contributed by atoms with van der Waals surface area (Å²) in [6.07, 6.45) is 4.45. The molecule has 3 aliphatic rings. The molecule has 0 unspecified atom stereocenters. The van der Waals surface area contributed by atoms with Crippen molar-refractivity contribution < 1.29 is 14.4 Å². The van der Waals surface area contributed by atoms with Crippen LogP contribution in [0, 0.1) is 5.41 Å². The monoisotopic (exact) mass is 494 g/mol. The van der Waals surface area contributed by atoms with E-state index in [1.807, 2.05) is 74.5 Å². The molecule has 3 heterocycles. The Hall–Kier alpha value is -4.00. The summed E-state index contributed by atoms with van der Waals surface area (Å²) >= 11 is 0. The third kappa shape index (κ3) is 3.89. The predicted octanol–water partition coefficient (Wildman–Crippen LogP) is 4.40. The predicted molar refractivity (Wildman–Crippen MR) is 141 cm³/mol. The van der Waals surface area contributed by atoms with Crippen molar-refractivity contribution in [2.45, 2.75) is 51.0 Å². The zero-order valence-electron chi connectivity index (χ0n) is 21.1. The van der Waals surface area contributed by atoms with Crippen molar-refractivity contribution in [2.24, 2.45) is 5.41 Å². The lowest BCUT2D eigenvalue weighted by molar-refractivity contribution is -0.150. The first-order valence-corrected chi connectivity index (χ1v) is 12.8. The van der Waals surface area contributed by atoms with Gasteiger partial charge in [0, 0.05) is 22.9 Å². The van der Waals surface area contributed by atoms with E-state index in [4.69, 9.17) is 0 Å². The van der Waals surface area contributed by atoms with E-state index in [0.717, 1.165) is 35.1 Å². The first kappa shape index (κ1) is 23.4. The molecule has 2 aliphatic heterocycles. The number of rotatable bonds is 4. The topological polar surface area (TPSA) is 91.4 Å². The number of piperidine rings is 1. The fourth-order valence-corrected chi connectivity index (χ4v) is 6.19. The van der Waals surface area contributed by atoms with Gasteiger partial charge in [-0.1, -0.05) is 56.3 Å². The zero-order chi connectivity index (χ0) is 25.8. The van der Waals surface area contributed by atoms with Crippen LogP contribution in [0.2, 0.25) is 0 Å². The molecular formula is C30H30N4O3. The summed E-state index contributed by atoms with van der Waals surface area (Å²) in [4.78, 5) is 45.6. The van der Waals surface area contributed by atoms with Gasteiger partial charge in [-0.2, -0.15) is 0 Å². The van der Waals surface area contributed by atoms with Crippen LogP contribution in [0.15, 0.2) is 66.9 Å². The van der Waals surface area contributed by atoms with Crippen LogP contribution in [0.4, 0.5) is 11.5 Å². The van der Waals surface area contributed by atoms with Gasteiger partial charge in [0.25, 0.3) is 0 Å². The van der Waals surface area contributed by atoms with E-state index in [2.05, 4.69) is 15.6 Å². The molecular weight excluding hydrogens is 464 g/mol. The number of benzene rings is 2. The minimum atomic E-state index is -0.650. The van der Waals surface area contributed by atoms with Crippen LogP contribution in [-0.4, -0.2) is 34.2 Å². The van der Waals surface area contributed by atoms with Gasteiger partial charge in [-0.3, -0.25) is 14.4 Å². The van der Waals surface area contributed by atoms with Gasteiger partial charge in [0.2, 0.25) is 17.7 Å². The molecule has 2 aromatic carbocycles. The maximum absolute atomic E-state index is 13.4. The Morgan fingerprint density at radius 2 is 1.84 bits per heavy atom. The Labute approximate surface area is 216 Å². The van der Waals surface area contributed by atoms with Gasteiger partial charge >= 0.3 is 0 Å². The van der Waals surface area contributed by atoms with Crippen molar-refractivity contribution in [3.05, 3.63) is 89.1 Å². The SMILES string of the molecule is CC1(C)CC[C@@H](c2ccccc2)N(CC(=O)Nc2ccc3c(c2)C[C@@]2(C3)C(=O)Nc3ncccc32)C1=O. The molecule has 0 saturated carbocycles. The van der Waals surface area contributed by atoms with Gasteiger partial charge in [0.1, 0.15) is 12.4 Å². The van der Waals surface area contributed by atoms with Crippen LogP contribution in [0.3, 0.4) is 0 Å². The van der Waals surface area contributed by atoms with Gasteiger partial charge in [-0.15, -0.1) is 0 Å². The average molecular weight is 495 g/mol. The Morgan fingerprint density at radius 1 is 1.05 bits per heavy atom. The number of amides is 3. The van der Waals surface area contributed by atoms with E-state index >= 15 is 0 Å². The van der Waals surface area contributed by atoms with E-state index in [-0.39, 0.29) is 30.3 Å². The molecule has 1 fully saturated rings. The summed E-state index contributed by atoms with van der Waals surface area (Å²) in [5, 5.41) is 5.93. The first-order valence-electron chi connectivity index (χ1n) is 12.8. The Balaban J connectivity index is 1.20. The zero-order valence-corrected chi connectivity index (χ0v) is 21.1. The van der Waals surface area contributed by atoms with E-state index < -0.39 is 10.8 Å². The normalized spacial score (nSPS) is 23.5. The average Bonchev–Trinajstić information content (AvgIpc) is 3.40. The van der Waals surface area contributed by atoms with Crippen LogP contribution in [0.1, 0.15) is 55.0 Å². The summed E-state index contributed by atoms with van der Waals surface area (Å²) < 4.78 is 0. The lowest BCUT2D eigenvalue weighted by Gasteiger charge is -2.43. The smallest absolute Gasteiger partial charge is 0.244 e. The number of nitrogens with zero attached hydrogens (tertiary/aromatic N) is 2. The third-order valence-corrected chi connectivity index (χ3v) is 8.22. The van der Waals surface area contributed by atoms with Crippen molar-refractivity contribution in [1.82, 2.24) is 9.88 Å². The Bertz CT molecular complexity index is 1420. The van der Waals surface area contributed by atoms with Crippen LogP contribution in [-0.2, 0) is 32.6 Å². The molecule has 3 aromatic rings. The molecule has 2 N–H and O–H groups in total. The number of anilines is 2. The number of likely N-dealkylation sites (tertiary alicyclic amines) is 1. The number of nitrogens with one attached hydrogen (secondary N) is 2. The molecule has 0 bridgehead atoms. The van der Waals surface area contributed by atoms with Gasteiger partial charge in [0.05, 0.1) is 11.5 Å². The van der Waals surface area contributed by atoms with Crippen LogP contribution in [0.25, 0.3) is 0 Å². The minimum Gasteiger partial charge on any atom is -0.326 e. The number of carbonyl (C=O) groups is 3. The number of fused-ring (bicyclic) bond motifs is 3. The molecule has 1 aromatic heterocycles. The van der Waals surface area contributed by atoms with Gasteiger partial charge in [-0.05, 0) is 60.6 Å². The molecule has 7 heteroatoms. The van der Waals surface area contributed by atoms with Crippen molar-refractivity contribution in [2.75, 3.05) is 17.2 Å². The quantitative estimate of drug-likeness (QED) is 0.563. The fraction of sp³-hybridized carbons (Fsp3) is 0.333. The number of hydrogen-bond donors (Lipinski definition) is 2. The highest BCUT2D eigenvalue weighted by Gasteiger charge is 2.51. The first-order chi connectivity index (χ1) is 17.8. The molecule has 0 radical (unpaired) electrons. The number of pyridine rings is 1. The lowest BCUT2D eigenvalue weighted by Crippen LogP contribution is -2.50. The molecule has 1 aliphatic carbocycles. The van der Waals surface area contributed by atoms with Crippen molar-refractivity contribution in [1.29, 1.82) is 0 Å². The molecule has 1 saturated heterocycles. The Kier molecular flexibility index (Phi) is 5.40. The highest BCUT2D eigenvalue weighted by molar-refractivity contribution is 6.06.